The fourth-order valence-electron chi connectivity index (χ4n) is 4.64. The van der Waals surface area contributed by atoms with Crippen molar-refractivity contribution < 1.29 is 23.9 Å². The Bertz CT molecular complexity index is 1620. The number of carboxylic acids is 1. The first kappa shape index (κ1) is 26.0. The number of hydrogen-bond acceptors (Lipinski definition) is 6. The van der Waals surface area contributed by atoms with Gasteiger partial charge in [0.1, 0.15) is 41.9 Å². The zero-order valence-electron chi connectivity index (χ0n) is 22.4. The molecule has 0 saturated carbocycles. The van der Waals surface area contributed by atoms with Crippen LogP contribution >= 0.6 is 0 Å². The van der Waals surface area contributed by atoms with E-state index in [0.29, 0.717) is 17.1 Å². The van der Waals surface area contributed by atoms with Crippen LogP contribution in [0, 0.1) is 13.8 Å². The van der Waals surface area contributed by atoms with Crippen LogP contribution in [0.25, 0.3) is 22.0 Å². The van der Waals surface area contributed by atoms with Crippen LogP contribution in [0.4, 0.5) is 0 Å². The van der Waals surface area contributed by atoms with Crippen molar-refractivity contribution in [2.24, 2.45) is 0 Å². The van der Waals surface area contributed by atoms with Gasteiger partial charge in [-0.05, 0) is 60.7 Å². The molecule has 0 spiro atoms. The van der Waals surface area contributed by atoms with Gasteiger partial charge in [-0.15, -0.1) is 0 Å². The van der Waals surface area contributed by atoms with Crippen molar-refractivity contribution in [2.75, 3.05) is 0 Å². The van der Waals surface area contributed by atoms with Crippen molar-refractivity contribution in [1.29, 1.82) is 0 Å². The molecule has 0 unspecified atom stereocenters. The molecule has 5 aromatic rings. The molecule has 7 heteroatoms. The highest BCUT2D eigenvalue weighted by atomic mass is 16.5. The highest BCUT2D eigenvalue weighted by Gasteiger charge is 2.21. The summed E-state index contributed by atoms with van der Waals surface area (Å²) in [5.74, 6) is 1.35. The van der Waals surface area contributed by atoms with Gasteiger partial charge >= 0.3 is 5.97 Å². The van der Waals surface area contributed by atoms with Crippen LogP contribution in [-0.2, 0) is 13.2 Å². The number of carbonyl (C=O) groups is 1. The van der Waals surface area contributed by atoms with Crippen LogP contribution in [-0.4, -0.2) is 21.2 Å². The number of rotatable bonds is 9. The quantitative estimate of drug-likeness (QED) is 0.214. The first-order valence-electron chi connectivity index (χ1n) is 12.8. The molecule has 0 aliphatic heterocycles. The number of pyridine rings is 1. The maximum Gasteiger partial charge on any atom is 0.354 e. The van der Waals surface area contributed by atoms with E-state index in [9.17, 15) is 9.90 Å². The van der Waals surface area contributed by atoms with Crippen molar-refractivity contribution in [2.45, 2.75) is 46.8 Å². The molecule has 0 aliphatic carbocycles. The Labute approximate surface area is 227 Å². The molecular weight excluding hydrogens is 492 g/mol. The van der Waals surface area contributed by atoms with Crippen LogP contribution in [0.1, 0.15) is 58.4 Å². The Balaban J connectivity index is 1.36. The lowest BCUT2D eigenvalue weighted by atomic mass is 10.0. The Hall–Kier alpha value is -4.65. The van der Waals surface area contributed by atoms with Gasteiger partial charge in [-0.3, -0.25) is 0 Å². The Kier molecular flexibility index (Phi) is 7.32. The van der Waals surface area contributed by atoms with Gasteiger partial charge in [0.15, 0.2) is 0 Å². The van der Waals surface area contributed by atoms with Crippen LogP contribution in [0.2, 0.25) is 0 Å². The SMILES string of the molecule is Cc1cccc(C)c1OCc1noc(C(C)C)c1COc1ccc(-c2nc(C(=O)O)cc3ccccc23)cc1. The van der Waals surface area contributed by atoms with E-state index in [1.54, 1.807) is 6.07 Å². The number of fused-ring (bicyclic) bond motifs is 1. The van der Waals surface area contributed by atoms with E-state index in [2.05, 4.69) is 24.0 Å². The molecular formula is C32H30N2O5. The topological polar surface area (TPSA) is 94.7 Å². The van der Waals surface area contributed by atoms with Crippen molar-refractivity contribution in [1.82, 2.24) is 10.1 Å². The summed E-state index contributed by atoms with van der Waals surface area (Å²) in [6.45, 7) is 8.70. The summed E-state index contributed by atoms with van der Waals surface area (Å²) in [4.78, 5) is 16.1. The van der Waals surface area contributed by atoms with Gasteiger partial charge in [0.25, 0.3) is 0 Å². The Morgan fingerprint density at radius 1 is 0.923 bits per heavy atom. The smallest absolute Gasteiger partial charge is 0.354 e. The number of benzene rings is 3. The highest BCUT2D eigenvalue weighted by molar-refractivity contribution is 5.99. The van der Waals surface area contributed by atoms with Gasteiger partial charge < -0.3 is 19.1 Å². The van der Waals surface area contributed by atoms with Gasteiger partial charge in [0.05, 0.1) is 11.3 Å². The fourth-order valence-corrected chi connectivity index (χ4v) is 4.64. The number of hydrogen-bond donors (Lipinski definition) is 1. The normalized spacial score (nSPS) is 11.2. The van der Waals surface area contributed by atoms with Crippen molar-refractivity contribution in [3.8, 4) is 22.8 Å². The lowest BCUT2D eigenvalue weighted by Gasteiger charge is -2.13. The highest BCUT2D eigenvalue weighted by Crippen LogP contribution is 2.31. The van der Waals surface area contributed by atoms with Gasteiger partial charge in [0.2, 0.25) is 0 Å². The molecule has 5 rings (SSSR count). The predicted molar refractivity (Wildman–Crippen MR) is 149 cm³/mol. The maximum absolute atomic E-state index is 11.6. The minimum atomic E-state index is -1.06. The van der Waals surface area contributed by atoms with Crippen molar-refractivity contribution in [3.63, 3.8) is 0 Å². The fraction of sp³-hybridized carbons (Fsp3) is 0.219. The average Bonchev–Trinajstić information content (AvgIpc) is 3.34. The molecule has 3 aromatic carbocycles. The number of aryl methyl sites for hydroxylation is 2. The van der Waals surface area contributed by atoms with E-state index in [-0.39, 0.29) is 24.8 Å². The monoisotopic (exact) mass is 522 g/mol. The van der Waals surface area contributed by atoms with Gasteiger partial charge in [0, 0.05) is 16.9 Å². The molecule has 0 amide bonds. The third-order valence-corrected chi connectivity index (χ3v) is 6.66. The zero-order valence-corrected chi connectivity index (χ0v) is 22.4. The molecule has 0 fully saturated rings. The number of carboxylic acid groups (broad SMARTS) is 1. The molecule has 1 N–H and O–H groups in total. The lowest BCUT2D eigenvalue weighted by Crippen LogP contribution is -2.06. The number of nitrogens with zero attached hydrogens (tertiary/aromatic N) is 2. The first-order valence-corrected chi connectivity index (χ1v) is 12.8. The summed E-state index contributed by atoms with van der Waals surface area (Å²) in [5, 5.41) is 15.5. The zero-order chi connectivity index (χ0) is 27.5. The third kappa shape index (κ3) is 5.48. The van der Waals surface area contributed by atoms with Crippen LogP contribution in [0.15, 0.2) is 77.3 Å². The molecule has 0 radical (unpaired) electrons. The molecule has 0 saturated heterocycles. The minimum Gasteiger partial charge on any atom is -0.489 e. The van der Waals surface area contributed by atoms with E-state index in [1.165, 1.54) is 0 Å². The van der Waals surface area contributed by atoms with Crippen LogP contribution < -0.4 is 9.47 Å². The second-order valence-electron chi connectivity index (χ2n) is 9.83. The molecule has 0 atom stereocenters. The molecule has 2 heterocycles. The molecule has 39 heavy (non-hydrogen) atoms. The average molecular weight is 523 g/mol. The molecule has 0 bridgehead atoms. The van der Waals surface area contributed by atoms with Crippen molar-refractivity contribution >= 4 is 16.7 Å². The second kappa shape index (κ2) is 11.0. The standard InChI is InChI=1S/C32H30N2O5/c1-19(2)30-26(28(34-39-30)18-38-31-20(3)8-7-9-21(31)4)17-37-24-14-12-22(13-15-24)29-25-11-6-5-10-23(25)16-27(33-29)32(35)36/h5-16,19H,17-18H2,1-4H3,(H,35,36). The van der Waals surface area contributed by atoms with Crippen molar-refractivity contribution in [3.05, 3.63) is 107 Å². The van der Waals surface area contributed by atoms with E-state index < -0.39 is 5.97 Å². The summed E-state index contributed by atoms with van der Waals surface area (Å²) < 4.78 is 18.0. The van der Waals surface area contributed by atoms with E-state index in [0.717, 1.165) is 44.5 Å². The Morgan fingerprint density at radius 3 is 2.33 bits per heavy atom. The molecule has 2 aromatic heterocycles. The van der Waals surface area contributed by atoms with Crippen LogP contribution in [0.5, 0.6) is 11.5 Å². The van der Waals surface area contributed by atoms with Gasteiger partial charge in [-0.25, -0.2) is 9.78 Å². The van der Waals surface area contributed by atoms with E-state index >= 15 is 0 Å². The minimum absolute atomic E-state index is 0.00772. The molecule has 7 nitrogen and oxygen atoms in total. The van der Waals surface area contributed by atoms with Gasteiger partial charge in [-0.2, -0.15) is 0 Å². The number of ether oxygens (including phenoxy) is 2. The maximum atomic E-state index is 11.6. The first-order chi connectivity index (χ1) is 18.8. The van der Waals surface area contributed by atoms with E-state index in [1.807, 2.05) is 80.6 Å². The Morgan fingerprint density at radius 2 is 1.64 bits per heavy atom. The van der Waals surface area contributed by atoms with E-state index in [4.69, 9.17) is 14.0 Å². The summed E-state index contributed by atoms with van der Waals surface area (Å²) >= 11 is 0. The summed E-state index contributed by atoms with van der Waals surface area (Å²) in [7, 11) is 0. The lowest BCUT2D eigenvalue weighted by molar-refractivity contribution is 0.0691. The third-order valence-electron chi connectivity index (χ3n) is 6.66. The van der Waals surface area contributed by atoms with Gasteiger partial charge in [-0.1, -0.05) is 61.5 Å². The summed E-state index contributed by atoms with van der Waals surface area (Å²) in [6.07, 6.45) is 0. The molecule has 198 valence electrons. The number of aromatic carboxylic acids is 1. The number of aromatic nitrogens is 2. The number of para-hydroxylation sites is 1. The second-order valence-corrected chi connectivity index (χ2v) is 9.83. The van der Waals surface area contributed by atoms with Crippen LogP contribution in [0.3, 0.4) is 0 Å². The largest absolute Gasteiger partial charge is 0.489 e. The molecule has 0 aliphatic rings. The summed E-state index contributed by atoms with van der Waals surface area (Å²) in [6, 6.07) is 22.8. The summed E-state index contributed by atoms with van der Waals surface area (Å²) in [5.41, 5.74) is 5.14. The predicted octanol–water partition coefficient (Wildman–Crippen LogP) is 7.49.